The Bertz CT molecular complexity index is 723. The molecule has 3 amide bonds. The normalized spacial score (nSPS) is 11.9. The van der Waals surface area contributed by atoms with Crippen LogP contribution >= 0.6 is 0 Å². The molecule has 208 valence electrons. The SMILES string of the molecule is C=CC(=O)N/C=C\COCC(COCCCNC(=O)C=C)(COCCCNC(=O)C=C)NC(C=O)CC. The van der Waals surface area contributed by atoms with Crippen LogP contribution in [-0.4, -0.2) is 88.3 Å². The van der Waals surface area contributed by atoms with Gasteiger partial charge >= 0.3 is 0 Å². The smallest absolute Gasteiger partial charge is 0.247 e. The molecule has 0 saturated heterocycles. The molecular formula is C26H42N4O7. The van der Waals surface area contributed by atoms with Gasteiger partial charge in [-0.3, -0.25) is 19.7 Å². The van der Waals surface area contributed by atoms with Crippen molar-refractivity contribution >= 4 is 24.0 Å². The fourth-order valence-electron chi connectivity index (χ4n) is 2.90. The van der Waals surface area contributed by atoms with Crippen LogP contribution in [0.2, 0.25) is 0 Å². The topological polar surface area (TPSA) is 144 Å². The van der Waals surface area contributed by atoms with Crippen molar-refractivity contribution in [1.29, 1.82) is 0 Å². The van der Waals surface area contributed by atoms with E-state index in [1.807, 2.05) is 6.92 Å². The van der Waals surface area contributed by atoms with Crippen molar-refractivity contribution in [2.75, 3.05) is 52.7 Å². The Labute approximate surface area is 219 Å². The van der Waals surface area contributed by atoms with E-state index in [0.29, 0.717) is 45.6 Å². The number of rotatable bonds is 24. The molecule has 11 heteroatoms. The largest absolute Gasteiger partial charge is 0.379 e. The quantitative estimate of drug-likeness (QED) is 0.0817. The summed E-state index contributed by atoms with van der Waals surface area (Å²) < 4.78 is 17.6. The van der Waals surface area contributed by atoms with Crippen molar-refractivity contribution in [2.45, 2.75) is 37.8 Å². The number of carbonyl (C=O) groups excluding carboxylic acids is 4. The zero-order valence-electron chi connectivity index (χ0n) is 21.8. The van der Waals surface area contributed by atoms with Crippen LogP contribution in [0.15, 0.2) is 50.2 Å². The van der Waals surface area contributed by atoms with Gasteiger partial charge in [0.15, 0.2) is 0 Å². The van der Waals surface area contributed by atoms with Crippen LogP contribution in [-0.2, 0) is 33.4 Å². The summed E-state index contributed by atoms with van der Waals surface area (Å²) in [6, 6.07) is -0.447. The molecule has 0 aliphatic heterocycles. The van der Waals surface area contributed by atoms with Crippen molar-refractivity contribution in [3.8, 4) is 0 Å². The predicted molar refractivity (Wildman–Crippen MR) is 142 cm³/mol. The van der Waals surface area contributed by atoms with E-state index in [0.717, 1.165) is 12.4 Å². The minimum absolute atomic E-state index is 0.150. The van der Waals surface area contributed by atoms with Crippen LogP contribution in [0.25, 0.3) is 0 Å². The van der Waals surface area contributed by atoms with E-state index in [2.05, 4.69) is 41.0 Å². The van der Waals surface area contributed by atoms with E-state index >= 15 is 0 Å². The van der Waals surface area contributed by atoms with Crippen LogP contribution in [0.5, 0.6) is 0 Å². The summed E-state index contributed by atoms with van der Waals surface area (Å²) in [5.74, 6) is -0.841. The standard InChI is InChI=1S/C26H42N4O7/c1-5-22(18-31)30-26(19-35-15-9-12-27-23(32)6-2,20-36-16-10-13-28-24(33)7-3)21-37-17-11-14-29-25(34)8-4/h6-9,12,18,22,30H,2-5,10-11,13-17,19-21H2,1H3,(H,27,32)(H,28,33)(H,29,34)/b12-9-. The lowest BCUT2D eigenvalue weighted by Gasteiger charge is -2.36. The molecular weight excluding hydrogens is 480 g/mol. The van der Waals surface area contributed by atoms with Crippen LogP contribution in [0.3, 0.4) is 0 Å². The Morgan fingerprint density at radius 1 is 0.838 bits per heavy atom. The van der Waals surface area contributed by atoms with Gasteiger partial charge in [0.25, 0.3) is 0 Å². The minimum atomic E-state index is -0.853. The Hall–Kier alpha value is -3.12. The molecule has 0 radical (unpaired) electrons. The molecule has 0 aromatic carbocycles. The Kier molecular flexibility index (Phi) is 20.2. The molecule has 0 fully saturated rings. The van der Waals surface area contributed by atoms with Gasteiger partial charge in [0.1, 0.15) is 6.29 Å². The maximum atomic E-state index is 11.6. The molecule has 1 unspecified atom stereocenters. The maximum absolute atomic E-state index is 11.6. The van der Waals surface area contributed by atoms with Crippen LogP contribution in [0, 0.1) is 0 Å². The number of hydrogen-bond donors (Lipinski definition) is 4. The van der Waals surface area contributed by atoms with Crippen molar-refractivity contribution in [3.05, 3.63) is 50.2 Å². The lowest BCUT2D eigenvalue weighted by Crippen LogP contribution is -2.60. The average molecular weight is 523 g/mol. The third kappa shape index (κ3) is 17.9. The molecule has 0 rings (SSSR count). The van der Waals surface area contributed by atoms with Crippen LogP contribution in [0.1, 0.15) is 26.2 Å². The van der Waals surface area contributed by atoms with Gasteiger partial charge in [-0.1, -0.05) is 26.7 Å². The van der Waals surface area contributed by atoms with E-state index in [4.69, 9.17) is 14.2 Å². The van der Waals surface area contributed by atoms with Gasteiger partial charge in [-0.05, 0) is 43.6 Å². The summed E-state index contributed by atoms with van der Waals surface area (Å²) in [7, 11) is 0. The van der Waals surface area contributed by atoms with Gasteiger partial charge in [-0.2, -0.15) is 0 Å². The molecule has 1 atom stereocenters. The Morgan fingerprint density at radius 2 is 1.35 bits per heavy atom. The van der Waals surface area contributed by atoms with E-state index in [9.17, 15) is 19.2 Å². The van der Waals surface area contributed by atoms with Crippen LogP contribution < -0.4 is 21.3 Å². The average Bonchev–Trinajstić information content (AvgIpc) is 2.92. The number of aldehydes is 1. The molecule has 0 aliphatic rings. The second-order valence-electron chi connectivity index (χ2n) is 8.01. The summed E-state index contributed by atoms with van der Waals surface area (Å²) in [5, 5.41) is 11.2. The highest BCUT2D eigenvalue weighted by molar-refractivity contribution is 5.87. The van der Waals surface area contributed by atoms with Gasteiger partial charge in [0, 0.05) is 32.5 Å². The second kappa shape index (κ2) is 22.1. The first kappa shape index (κ1) is 33.9. The summed E-state index contributed by atoms with van der Waals surface area (Å²) in [5.41, 5.74) is -0.853. The number of hydrogen-bond acceptors (Lipinski definition) is 8. The molecule has 0 aromatic heterocycles. The van der Waals surface area contributed by atoms with Gasteiger partial charge in [-0.25, -0.2) is 0 Å². The maximum Gasteiger partial charge on any atom is 0.247 e. The van der Waals surface area contributed by atoms with E-state index in [1.54, 1.807) is 6.08 Å². The number of ether oxygens (including phenoxy) is 3. The number of amides is 3. The Morgan fingerprint density at radius 3 is 1.81 bits per heavy atom. The molecule has 0 aliphatic carbocycles. The molecule has 37 heavy (non-hydrogen) atoms. The van der Waals surface area contributed by atoms with Crippen molar-refractivity contribution in [1.82, 2.24) is 21.3 Å². The fourth-order valence-corrected chi connectivity index (χ4v) is 2.90. The predicted octanol–water partition coefficient (Wildman–Crippen LogP) is 0.543. The first-order chi connectivity index (χ1) is 17.9. The van der Waals surface area contributed by atoms with Gasteiger partial charge < -0.3 is 35.0 Å². The van der Waals surface area contributed by atoms with Gasteiger partial charge in [0.05, 0.1) is 38.0 Å². The molecule has 0 aromatic rings. The van der Waals surface area contributed by atoms with Crippen LogP contribution in [0.4, 0.5) is 0 Å². The highest BCUT2D eigenvalue weighted by Gasteiger charge is 2.33. The van der Waals surface area contributed by atoms with Crippen molar-refractivity contribution < 1.29 is 33.4 Å². The molecule has 0 spiro atoms. The van der Waals surface area contributed by atoms with E-state index < -0.39 is 11.6 Å². The third-order valence-electron chi connectivity index (χ3n) is 4.87. The fraction of sp³-hybridized carbons (Fsp3) is 0.538. The minimum Gasteiger partial charge on any atom is -0.379 e. The first-order valence-corrected chi connectivity index (χ1v) is 12.2. The monoisotopic (exact) mass is 522 g/mol. The lowest BCUT2D eigenvalue weighted by molar-refractivity contribution is -0.117. The van der Waals surface area contributed by atoms with Gasteiger partial charge in [-0.15, -0.1) is 0 Å². The second-order valence-corrected chi connectivity index (χ2v) is 8.01. The summed E-state index contributed by atoms with van der Waals surface area (Å²) in [6.45, 7) is 14.4. The summed E-state index contributed by atoms with van der Waals surface area (Å²) in [4.78, 5) is 45.4. The molecule has 4 N–H and O–H groups in total. The third-order valence-corrected chi connectivity index (χ3v) is 4.87. The zero-order chi connectivity index (χ0) is 27.8. The first-order valence-electron chi connectivity index (χ1n) is 12.2. The van der Waals surface area contributed by atoms with Crippen molar-refractivity contribution in [2.24, 2.45) is 0 Å². The number of carbonyl (C=O) groups is 4. The molecule has 11 nitrogen and oxygen atoms in total. The molecule has 0 bridgehead atoms. The van der Waals surface area contributed by atoms with E-state index in [-0.39, 0.29) is 44.1 Å². The van der Waals surface area contributed by atoms with E-state index in [1.165, 1.54) is 18.4 Å². The molecule has 0 heterocycles. The highest BCUT2D eigenvalue weighted by Crippen LogP contribution is 2.12. The molecule has 0 saturated carbocycles. The number of nitrogens with one attached hydrogen (secondary N) is 4. The summed E-state index contributed by atoms with van der Waals surface area (Å²) in [6.07, 6.45) is 9.20. The van der Waals surface area contributed by atoms with Gasteiger partial charge in [0.2, 0.25) is 17.7 Å². The lowest BCUT2D eigenvalue weighted by atomic mass is 10.0. The summed E-state index contributed by atoms with van der Waals surface area (Å²) >= 11 is 0. The van der Waals surface area contributed by atoms with Crippen molar-refractivity contribution in [3.63, 3.8) is 0 Å². The highest BCUT2D eigenvalue weighted by atomic mass is 16.5. The Balaban J connectivity index is 5.13. The zero-order valence-corrected chi connectivity index (χ0v) is 21.8.